The van der Waals surface area contributed by atoms with Crippen molar-refractivity contribution in [3.8, 4) is 0 Å². The molecule has 1 saturated carbocycles. The van der Waals surface area contributed by atoms with Crippen LogP contribution < -0.4 is 5.32 Å². The molecule has 1 aromatic carbocycles. The Hall–Kier alpha value is -1.73. The summed E-state index contributed by atoms with van der Waals surface area (Å²) in [5.41, 5.74) is 0.791. The van der Waals surface area contributed by atoms with Gasteiger partial charge in [-0.15, -0.1) is 0 Å². The van der Waals surface area contributed by atoms with E-state index in [-0.39, 0.29) is 11.9 Å². The normalized spacial score (nSPS) is 19.2. The van der Waals surface area contributed by atoms with Crippen LogP contribution in [0.1, 0.15) is 39.5 Å². The molecule has 1 unspecified atom stereocenters. The molecule has 0 aromatic heterocycles. The molecule has 1 amide bonds. The van der Waals surface area contributed by atoms with Gasteiger partial charge in [-0.25, -0.2) is 4.39 Å². The SMILES string of the molecule is CCN(CC)C(=O)C(C1CCCC1)N1CCN(C(=S)Nc2ccc(F)cc2)CC1. The molecule has 3 rings (SSSR count). The maximum Gasteiger partial charge on any atom is 0.240 e. The van der Waals surface area contributed by atoms with Crippen molar-refractivity contribution < 1.29 is 9.18 Å². The zero-order valence-corrected chi connectivity index (χ0v) is 18.4. The number of carbonyl (C=O) groups excluding carboxylic acids is 1. The van der Waals surface area contributed by atoms with E-state index in [1.54, 1.807) is 12.1 Å². The molecule has 160 valence electrons. The molecule has 1 heterocycles. The Morgan fingerprint density at radius 3 is 2.28 bits per heavy atom. The summed E-state index contributed by atoms with van der Waals surface area (Å²) in [4.78, 5) is 19.8. The third-order valence-electron chi connectivity index (χ3n) is 6.26. The zero-order chi connectivity index (χ0) is 20.8. The lowest BCUT2D eigenvalue weighted by atomic mass is 9.94. The number of rotatable bonds is 6. The summed E-state index contributed by atoms with van der Waals surface area (Å²) in [6.45, 7) is 8.91. The molecular weight excluding hydrogens is 387 g/mol. The third kappa shape index (κ3) is 5.45. The summed E-state index contributed by atoms with van der Waals surface area (Å²) < 4.78 is 13.1. The van der Waals surface area contributed by atoms with Crippen LogP contribution >= 0.6 is 12.2 Å². The molecule has 1 aromatic rings. The van der Waals surface area contributed by atoms with Crippen LogP contribution in [-0.4, -0.2) is 71.0 Å². The maximum absolute atomic E-state index is 13.3. The fourth-order valence-corrected chi connectivity index (χ4v) is 4.89. The molecule has 1 saturated heterocycles. The Morgan fingerprint density at radius 1 is 1.14 bits per heavy atom. The number of anilines is 1. The average molecular weight is 421 g/mol. The van der Waals surface area contributed by atoms with Crippen molar-refractivity contribution in [3.63, 3.8) is 0 Å². The molecule has 0 radical (unpaired) electrons. The quantitative estimate of drug-likeness (QED) is 0.713. The van der Waals surface area contributed by atoms with Crippen LogP contribution in [0.3, 0.4) is 0 Å². The van der Waals surface area contributed by atoms with E-state index in [9.17, 15) is 9.18 Å². The summed E-state index contributed by atoms with van der Waals surface area (Å²) in [5.74, 6) is 0.507. The minimum atomic E-state index is -0.258. The highest BCUT2D eigenvalue weighted by Gasteiger charge is 2.38. The first kappa shape index (κ1) is 22.0. The van der Waals surface area contributed by atoms with Crippen molar-refractivity contribution in [2.75, 3.05) is 44.6 Å². The Kier molecular flexibility index (Phi) is 7.84. The Morgan fingerprint density at radius 2 is 1.72 bits per heavy atom. The zero-order valence-electron chi connectivity index (χ0n) is 17.6. The number of amides is 1. The minimum Gasteiger partial charge on any atom is -0.346 e. The summed E-state index contributed by atoms with van der Waals surface area (Å²) in [7, 11) is 0. The van der Waals surface area contributed by atoms with Crippen LogP contribution in [-0.2, 0) is 4.79 Å². The van der Waals surface area contributed by atoms with Gasteiger partial charge >= 0.3 is 0 Å². The van der Waals surface area contributed by atoms with E-state index in [1.807, 2.05) is 4.90 Å². The number of hydrogen-bond donors (Lipinski definition) is 1. The monoisotopic (exact) mass is 420 g/mol. The number of nitrogens with zero attached hydrogens (tertiary/aromatic N) is 3. The number of halogens is 1. The van der Waals surface area contributed by atoms with Gasteiger partial charge in [0.1, 0.15) is 5.82 Å². The molecule has 7 heteroatoms. The molecule has 5 nitrogen and oxygen atoms in total. The lowest BCUT2D eigenvalue weighted by molar-refractivity contribution is -0.139. The second-order valence-corrected chi connectivity index (χ2v) is 8.35. The number of benzene rings is 1. The topological polar surface area (TPSA) is 38.8 Å². The van der Waals surface area contributed by atoms with Gasteiger partial charge < -0.3 is 15.1 Å². The van der Waals surface area contributed by atoms with Crippen LogP contribution in [0, 0.1) is 11.7 Å². The van der Waals surface area contributed by atoms with Gasteiger partial charge in [0.15, 0.2) is 5.11 Å². The van der Waals surface area contributed by atoms with Gasteiger partial charge in [-0.2, -0.15) is 0 Å². The van der Waals surface area contributed by atoms with E-state index < -0.39 is 0 Å². The predicted octanol–water partition coefficient (Wildman–Crippen LogP) is 3.57. The first-order valence-corrected chi connectivity index (χ1v) is 11.3. The van der Waals surface area contributed by atoms with Gasteiger partial charge in [0.05, 0.1) is 6.04 Å². The highest BCUT2D eigenvalue weighted by Crippen LogP contribution is 2.32. The lowest BCUT2D eigenvalue weighted by Crippen LogP contribution is -2.58. The number of thiocarbonyl (C=S) groups is 1. The van der Waals surface area contributed by atoms with Crippen molar-refractivity contribution in [1.82, 2.24) is 14.7 Å². The van der Waals surface area contributed by atoms with Crippen molar-refractivity contribution in [3.05, 3.63) is 30.1 Å². The van der Waals surface area contributed by atoms with Gasteiger partial charge in [0.2, 0.25) is 5.91 Å². The summed E-state index contributed by atoms with van der Waals surface area (Å²) >= 11 is 5.56. The van der Waals surface area contributed by atoms with Gasteiger partial charge in [0.25, 0.3) is 0 Å². The molecule has 0 bridgehead atoms. The number of hydrogen-bond acceptors (Lipinski definition) is 3. The highest BCUT2D eigenvalue weighted by atomic mass is 32.1. The molecule has 1 aliphatic carbocycles. The predicted molar refractivity (Wildman–Crippen MR) is 119 cm³/mol. The minimum absolute atomic E-state index is 0.00169. The Balaban J connectivity index is 1.60. The third-order valence-corrected chi connectivity index (χ3v) is 6.63. The standard InChI is InChI=1S/C22H33FN4OS/c1-3-25(4-2)21(28)20(17-7-5-6-8-17)26-13-15-27(16-14-26)22(29)24-19-11-9-18(23)10-12-19/h9-12,17,20H,3-8,13-16H2,1-2H3,(H,24,29). The van der Waals surface area contributed by atoms with Crippen LogP contribution in [0.5, 0.6) is 0 Å². The van der Waals surface area contributed by atoms with Gasteiger partial charge in [-0.3, -0.25) is 9.69 Å². The largest absolute Gasteiger partial charge is 0.346 e. The van der Waals surface area contributed by atoms with Crippen LogP contribution in [0.2, 0.25) is 0 Å². The van der Waals surface area contributed by atoms with Crippen LogP contribution in [0.15, 0.2) is 24.3 Å². The van der Waals surface area contributed by atoms with Crippen molar-refractivity contribution in [2.24, 2.45) is 5.92 Å². The second-order valence-electron chi connectivity index (χ2n) is 7.96. The van der Waals surface area contributed by atoms with E-state index in [1.165, 1.54) is 25.0 Å². The van der Waals surface area contributed by atoms with Crippen molar-refractivity contribution in [1.29, 1.82) is 0 Å². The molecule has 0 spiro atoms. The molecule has 2 aliphatic rings. The van der Waals surface area contributed by atoms with Gasteiger partial charge in [-0.05, 0) is 69.1 Å². The fourth-order valence-electron chi connectivity index (χ4n) is 4.59. The first-order chi connectivity index (χ1) is 14.0. The molecule has 1 N–H and O–H groups in total. The molecular formula is C22H33FN4OS. The van der Waals surface area contributed by atoms with Crippen LogP contribution in [0.4, 0.5) is 10.1 Å². The summed E-state index contributed by atoms with van der Waals surface area (Å²) in [5, 5.41) is 3.85. The van der Waals surface area contributed by atoms with E-state index in [2.05, 4.69) is 29.0 Å². The maximum atomic E-state index is 13.3. The average Bonchev–Trinajstić information content (AvgIpc) is 3.25. The molecule has 1 aliphatic heterocycles. The Bertz CT molecular complexity index is 681. The molecule has 1 atom stereocenters. The number of carbonyl (C=O) groups is 1. The highest BCUT2D eigenvalue weighted by molar-refractivity contribution is 7.80. The fraction of sp³-hybridized carbons (Fsp3) is 0.636. The lowest BCUT2D eigenvalue weighted by Gasteiger charge is -2.42. The summed E-state index contributed by atoms with van der Waals surface area (Å²) in [6, 6.07) is 6.23. The molecule has 29 heavy (non-hydrogen) atoms. The molecule has 2 fully saturated rings. The number of nitrogens with one attached hydrogen (secondary N) is 1. The second kappa shape index (κ2) is 10.3. The number of piperazine rings is 1. The van der Waals surface area contributed by atoms with E-state index in [0.29, 0.717) is 16.9 Å². The first-order valence-electron chi connectivity index (χ1n) is 10.9. The van der Waals surface area contributed by atoms with E-state index in [0.717, 1.165) is 57.8 Å². The van der Waals surface area contributed by atoms with E-state index in [4.69, 9.17) is 12.2 Å². The van der Waals surface area contributed by atoms with Gasteiger partial charge in [0, 0.05) is 45.0 Å². The Labute approximate surface area is 179 Å². The van der Waals surface area contributed by atoms with Crippen molar-refractivity contribution in [2.45, 2.75) is 45.6 Å². The smallest absolute Gasteiger partial charge is 0.240 e. The van der Waals surface area contributed by atoms with Gasteiger partial charge in [-0.1, -0.05) is 12.8 Å². The van der Waals surface area contributed by atoms with E-state index >= 15 is 0 Å². The summed E-state index contributed by atoms with van der Waals surface area (Å²) in [6.07, 6.45) is 4.78. The van der Waals surface area contributed by atoms with Crippen molar-refractivity contribution >= 4 is 28.9 Å². The number of likely N-dealkylation sites (N-methyl/N-ethyl adjacent to an activating group) is 1. The van der Waals surface area contributed by atoms with Crippen LogP contribution in [0.25, 0.3) is 0 Å².